The van der Waals surface area contributed by atoms with Crippen molar-refractivity contribution in [3.63, 3.8) is 0 Å². The van der Waals surface area contributed by atoms with Crippen LogP contribution in [0, 0.1) is 0 Å². The van der Waals surface area contributed by atoms with E-state index in [9.17, 15) is 0 Å². The lowest BCUT2D eigenvalue weighted by molar-refractivity contribution is 0.282. The van der Waals surface area contributed by atoms with E-state index in [0.29, 0.717) is 6.61 Å². The smallest absolute Gasteiger partial charge is 0.161 e. The van der Waals surface area contributed by atoms with Gasteiger partial charge in [0.05, 0.1) is 20.3 Å². The fourth-order valence-electron chi connectivity index (χ4n) is 2.38. The molecule has 0 amide bonds. The lowest BCUT2D eigenvalue weighted by atomic mass is 10.1. The van der Waals surface area contributed by atoms with E-state index in [1.807, 2.05) is 43.3 Å². The van der Waals surface area contributed by atoms with Gasteiger partial charge in [-0.15, -0.1) is 0 Å². The summed E-state index contributed by atoms with van der Waals surface area (Å²) in [7, 11) is 1.66. The van der Waals surface area contributed by atoms with E-state index in [0.717, 1.165) is 29.2 Å². The third kappa shape index (κ3) is 4.71. The first-order chi connectivity index (χ1) is 11.2. The minimum absolute atomic E-state index is 0.0795. The summed E-state index contributed by atoms with van der Waals surface area (Å²) in [6.45, 7) is 5.54. The quantitative estimate of drug-likeness (QED) is 0.783. The van der Waals surface area contributed by atoms with Crippen LogP contribution in [0.1, 0.15) is 36.6 Å². The fraction of sp³-hybridized carbons (Fsp3) is 0.368. The van der Waals surface area contributed by atoms with Gasteiger partial charge in [0, 0.05) is 12.6 Å². The van der Waals surface area contributed by atoms with Crippen LogP contribution in [-0.4, -0.2) is 18.8 Å². The van der Waals surface area contributed by atoms with Crippen LogP contribution < -0.4 is 14.8 Å². The van der Waals surface area contributed by atoms with Crippen molar-refractivity contribution in [2.24, 2.45) is 0 Å². The second-order valence-electron chi connectivity index (χ2n) is 5.42. The molecule has 0 heterocycles. The third-order valence-electron chi connectivity index (χ3n) is 3.81. The largest absolute Gasteiger partial charge is 0.493 e. The summed E-state index contributed by atoms with van der Waals surface area (Å²) in [5.74, 6) is 1.52. The van der Waals surface area contributed by atoms with Crippen molar-refractivity contribution in [1.29, 1.82) is 0 Å². The number of rotatable bonds is 8. The Labute approximate surface area is 138 Å². The average Bonchev–Trinajstić information content (AvgIpc) is 2.60. The zero-order chi connectivity index (χ0) is 16.7. The number of benzene rings is 2. The van der Waals surface area contributed by atoms with E-state index in [1.165, 1.54) is 5.56 Å². The van der Waals surface area contributed by atoms with Crippen molar-refractivity contribution in [3.8, 4) is 11.5 Å². The maximum absolute atomic E-state index is 9.07. The zero-order valence-electron chi connectivity index (χ0n) is 14.0. The Balaban J connectivity index is 2.00. The molecule has 0 aliphatic heterocycles. The summed E-state index contributed by atoms with van der Waals surface area (Å²) in [4.78, 5) is 0. The van der Waals surface area contributed by atoms with Gasteiger partial charge in [-0.3, -0.25) is 0 Å². The molecule has 0 fully saturated rings. The summed E-state index contributed by atoms with van der Waals surface area (Å²) >= 11 is 0. The van der Waals surface area contributed by atoms with Crippen LogP contribution in [0.2, 0.25) is 0 Å². The molecule has 124 valence electrons. The number of hydrogen-bond acceptors (Lipinski definition) is 4. The van der Waals surface area contributed by atoms with E-state index in [-0.39, 0.29) is 12.6 Å². The highest BCUT2D eigenvalue weighted by Crippen LogP contribution is 2.30. The van der Waals surface area contributed by atoms with Crippen LogP contribution in [0.25, 0.3) is 0 Å². The van der Waals surface area contributed by atoms with Gasteiger partial charge in [-0.25, -0.2) is 0 Å². The zero-order valence-corrected chi connectivity index (χ0v) is 14.0. The number of methoxy groups -OCH3 is 1. The Bertz CT molecular complexity index is 611. The molecule has 4 nitrogen and oxygen atoms in total. The summed E-state index contributed by atoms with van der Waals surface area (Å²) < 4.78 is 10.9. The molecule has 0 bridgehead atoms. The van der Waals surface area contributed by atoms with E-state index in [4.69, 9.17) is 14.6 Å². The number of aliphatic hydroxyl groups excluding tert-OH is 1. The molecule has 1 atom stereocenters. The van der Waals surface area contributed by atoms with Crippen molar-refractivity contribution in [3.05, 3.63) is 59.2 Å². The monoisotopic (exact) mass is 315 g/mol. The number of ether oxygens (including phenoxy) is 2. The SMILES string of the molecule is CCOc1ccc(C(C)NCc2ccc(CO)cc2)cc1OC. The van der Waals surface area contributed by atoms with Gasteiger partial charge in [-0.2, -0.15) is 0 Å². The maximum Gasteiger partial charge on any atom is 0.161 e. The predicted octanol–water partition coefficient (Wildman–Crippen LogP) is 3.44. The lowest BCUT2D eigenvalue weighted by Crippen LogP contribution is -2.18. The Morgan fingerprint density at radius 3 is 2.35 bits per heavy atom. The molecule has 2 N–H and O–H groups in total. The molecular weight excluding hydrogens is 290 g/mol. The second kappa shape index (κ2) is 8.56. The highest BCUT2D eigenvalue weighted by Gasteiger charge is 2.10. The molecule has 0 saturated carbocycles. The summed E-state index contributed by atoms with van der Waals surface area (Å²) in [5, 5.41) is 12.6. The van der Waals surface area contributed by atoms with Gasteiger partial charge in [0.15, 0.2) is 11.5 Å². The minimum atomic E-state index is 0.0795. The van der Waals surface area contributed by atoms with Crippen LogP contribution in [0.3, 0.4) is 0 Å². The molecule has 0 aliphatic rings. The molecule has 2 aromatic rings. The van der Waals surface area contributed by atoms with Crippen LogP contribution in [0.15, 0.2) is 42.5 Å². The number of nitrogens with one attached hydrogen (secondary N) is 1. The average molecular weight is 315 g/mol. The van der Waals surface area contributed by atoms with Gasteiger partial charge >= 0.3 is 0 Å². The van der Waals surface area contributed by atoms with Crippen molar-refractivity contribution in [2.75, 3.05) is 13.7 Å². The van der Waals surface area contributed by atoms with Gasteiger partial charge < -0.3 is 19.9 Å². The van der Waals surface area contributed by atoms with Crippen molar-refractivity contribution in [2.45, 2.75) is 33.0 Å². The highest BCUT2D eigenvalue weighted by atomic mass is 16.5. The summed E-state index contributed by atoms with van der Waals surface area (Å²) in [5.41, 5.74) is 3.27. The van der Waals surface area contributed by atoms with Crippen LogP contribution in [-0.2, 0) is 13.2 Å². The fourth-order valence-corrected chi connectivity index (χ4v) is 2.38. The maximum atomic E-state index is 9.07. The molecule has 4 heteroatoms. The Kier molecular flexibility index (Phi) is 6.44. The Morgan fingerprint density at radius 1 is 1.04 bits per heavy atom. The first-order valence-corrected chi connectivity index (χ1v) is 7.90. The van der Waals surface area contributed by atoms with Crippen molar-refractivity contribution >= 4 is 0 Å². The normalized spacial score (nSPS) is 12.0. The highest BCUT2D eigenvalue weighted by molar-refractivity contribution is 5.43. The topological polar surface area (TPSA) is 50.7 Å². The molecule has 2 aromatic carbocycles. The third-order valence-corrected chi connectivity index (χ3v) is 3.81. The first-order valence-electron chi connectivity index (χ1n) is 7.90. The van der Waals surface area contributed by atoms with E-state index >= 15 is 0 Å². The van der Waals surface area contributed by atoms with Gasteiger partial charge in [0.1, 0.15) is 0 Å². The van der Waals surface area contributed by atoms with Crippen molar-refractivity contribution < 1.29 is 14.6 Å². The van der Waals surface area contributed by atoms with Gasteiger partial charge in [0.2, 0.25) is 0 Å². The van der Waals surface area contributed by atoms with Gasteiger partial charge in [-0.1, -0.05) is 30.3 Å². The second-order valence-corrected chi connectivity index (χ2v) is 5.42. The van der Waals surface area contributed by atoms with E-state index in [2.05, 4.69) is 18.3 Å². The van der Waals surface area contributed by atoms with Crippen LogP contribution in [0.5, 0.6) is 11.5 Å². The molecule has 1 unspecified atom stereocenters. The van der Waals surface area contributed by atoms with Gasteiger partial charge in [-0.05, 0) is 42.7 Å². The molecule has 0 aromatic heterocycles. The lowest BCUT2D eigenvalue weighted by Gasteiger charge is -2.17. The van der Waals surface area contributed by atoms with Crippen LogP contribution in [0.4, 0.5) is 0 Å². The summed E-state index contributed by atoms with van der Waals surface area (Å²) in [6.07, 6.45) is 0. The summed E-state index contributed by atoms with van der Waals surface area (Å²) in [6, 6.07) is 14.2. The minimum Gasteiger partial charge on any atom is -0.493 e. The molecule has 2 rings (SSSR count). The predicted molar refractivity (Wildman–Crippen MR) is 91.8 cm³/mol. The Hall–Kier alpha value is -2.04. The van der Waals surface area contributed by atoms with E-state index in [1.54, 1.807) is 7.11 Å². The molecule has 0 saturated heterocycles. The molecule has 0 radical (unpaired) electrons. The van der Waals surface area contributed by atoms with Gasteiger partial charge in [0.25, 0.3) is 0 Å². The van der Waals surface area contributed by atoms with E-state index < -0.39 is 0 Å². The van der Waals surface area contributed by atoms with Crippen LogP contribution >= 0.6 is 0 Å². The molecule has 0 aliphatic carbocycles. The standard InChI is InChI=1S/C19H25NO3/c1-4-23-18-10-9-17(11-19(18)22-3)14(2)20-12-15-5-7-16(13-21)8-6-15/h5-11,14,20-21H,4,12-13H2,1-3H3. The Morgan fingerprint density at radius 2 is 1.74 bits per heavy atom. The molecular formula is C19H25NO3. The number of aliphatic hydroxyl groups is 1. The first kappa shape index (κ1) is 17.3. The number of hydrogen-bond donors (Lipinski definition) is 2. The van der Waals surface area contributed by atoms with Crippen molar-refractivity contribution in [1.82, 2.24) is 5.32 Å². The molecule has 0 spiro atoms. The molecule has 23 heavy (non-hydrogen) atoms.